The van der Waals surface area contributed by atoms with Crippen LogP contribution < -0.4 is 5.73 Å². The average molecular weight is 536 g/mol. The molecule has 1 amide bonds. The highest BCUT2D eigenvalue weighted by molar-refractivity contribution is 6.08. The lowest BCUT2D eigenvalue weighted by Gasteiger charge is -2.70. The molecule has 3 fully saturated rings. The fourth-order valence-electron chi connectivity index (χ4n) is 9.10. The largest absolute Gasteiger partial charge is 0.514 e. The summed E-state index contributed by atoms with van der Waals surface area (Å²) in [4.78, 5) is 38.1. The SMILES string of the molecule is CC1=C(OC(=O)OC(C)C)C(=O)C=C2C1=CC=C1[C@@]2(C)CC[C@@]2(C)[C@@H]3C[C@](C)(C(N)=O)CC[C@]3(C)CC[C@]12C. The van der Waals surface area contributed by atoms with Gasteiger partial charge in [0.1, 0.15) is 0 Å². The van der Waals surface area contributed by atoms with Gasteiger partial charge >= 0.3 is 6.16 Å². The summed E-state index contributed by atoms with van der Waals surface area (Å²) in [7, 11) is 0. The summed E-state index contributed by atoms with van der Waals surface area (Å²) in [5.74, 6) is -0.0262. The van der Waals surface area contributed by atoms with E-state index in [-0.39, 0.29) is 45.2 Å². The maximum atomic E-state index is 13.3. The monoisotopic (exact) mass is 535 g/mol. The van der Waals surface area contributed by atoms with Gasteiger partial charge in [0, 0.05) is 16.4 Å². The number of amides is 1. The molecule has 5 aliphatic carbocycles. The van der Waals surface area contributed by atoms with Crippen molar-refractivity contribution in [2.75, 3.05) is 0 Å². The molecule has 5 rings (SSSR count). The number of ketones is 1. The number of primary amides is 1. The van der Waals surface area contributed by atoms with E-state index in [1.54, 1.807) is 19.9 Å². The number of ether oxygens (including phenoxy) is 2. The van der Waals surface area contributed by atoms with E-state index < -0.39 is 11.6 Å². The van der Waals surface area contributed by atoms with Crippen LogP contribution in [0.25, 0.3) is 0 Å². The molecule has 0 unspecified atom stereocenters. The first-order valence-electron chi connectivity index (χ1n) is 14.6. The molecule has 0 heterocycles. The van der Waals surface area contributed by atoms with Gasteiger partial charge < -0.3 is 15.2 Å². The first-order valence-corrected chi connectivity index (χ1v) is 14.6. The van der Waals surface area contributed by atoms with Crippen molar-refractivity contribution in [2.45, 2.75) is 106 Å². The minimum atomic E-state index is -0.856. The van der Waals surface area contributed by atoms with Crippen LogP contribution in [0.3, 0.4) is 0 Å². The summed E-state index contributed by atoms with van der Waals surface area (Å²) < 4.78 is 10.5. The van der Waals surface area contributed by atoms with Crippen LogP contribution in [-0.2, 0) is 19.1 Å². The highest BCUT2D eigenvalue weighted by Gasteiger charge is 2.67. The average Bonchev–Trinajstić information content (AvgIpc) is 2.84. The van der Waals surface area contributed by atoms with E-state index in [1.807, 2.05) is 6.92 Å². The molecule has 212 valence electrons. The van der Waals surface area contributed by atoms with Gasteiger partial charge in [0.25, 0.3) is 0 Å². The zero-order valence-corrected chi connectivity index (χ0v) is 25.0. The predicted octanol–water partition coefficient (Wildman–Crippen LogP) is 7.10. The molecule has 0 saturated heterocycles. The number of nitrogens with two attached hydrogens (primary N) is 1. The van der Waals surface area contributed by atoms with E-state index in [0.29, 0.717) is 11.5 Å². The Labute approximate surface area is 233 Å². The van der Waals surface area contributed by atoms with Crippen LogP contribution in [0.15, 0.2) is 46.3 Å². The van der Waals surface area contributed by atoms with Crippen LogP contribution in [0.5, 0.6) is 0 Å². The molecular weight excluding hydrogens is 490 g/mol. The minimum absolute atomic E-state index is 0.00676. The number of carbonyl (C=O) groups is 3. The normalized spacial score (nSPS) is 41.3. The minimum Gasteiger partial charge on any atom is -0.431 e. The second-order valence-corrected chi connectivity index (χ2v) is 14.5. The summed E-state index contributed by atoms with van der Waals surface area (Å²) in [6.07, 6.45) is 11.8. The summed E-state index contributed by atoms with van der Waals surface area (Å²) >= 11 is 0. The second kappa shape index (κ2) is 8.68. The molecular formula is C33H45NO5. The quantitative estimate of drug-likeness (QED) is 0.389. The van der Waals surface area contributed by atoms with Crippen molar-refractivity contribution in [1.82, 2.24) is 0 Å². The van der Waals surface area contributed by atoms with Crippen molar-refractivity contribution in [3.8, 4) is 0 Å². The molecule has 39 heavy (non-hydrogen) atoms. The Balaban J connectivity index is 1.56. The third kappa shape index (κ3) is 3.83. The summed E-state index contributed by atoms with van der Waals surface area (Å²) in [5.41, 5.74) is 9.36. The zero-order chi connectivity index (χ0) is 28.8. The second-order valence-electron chi connectivity index (χ2n) is 14.5. The van der Waals surface area contributed by atoms with E-state index in [9.17, 15) is 14.4 Å². The molecule has 0 bridgehead atoms. The number of fused-ring (bicyclic) bond motifs is 7. The third-order valence-corrected chi connectivity index (χ3v) is 12.0. The van der Waals surface area contributed by atoms with Crippen LogP contribution in [-0.4, -0.2) is 23.9 Å². The van der Waals surface area contributed by atoms with Crippen molar-refractivity contribution in [1.29, 1.82) is 0 Å². The predicted molar refractivity (Wildman–Crippen MR) is 150 cm³/mol. The highest BCUT2D eigenvalue weighted by atomic mass is 16.7. The van der Waals surface area contributed by atoms with Crippen LogP contribution in [0, 0.1) is 33.0 Å². The van der Waals surface area contributed by atoms with Crippen molar-refractivity contribution in [2.24, 2.45) is 38.7 Å². The maximum Gasteiger partial charge on any atom is 0.514 e. The topological polar surface area (TPSA) is 95.7 Å². The first-order chi connectivity index (χ1) is 18.0. The van der Waals surface area contributed by atoms with Gasteiger partial charge in [-0.1, -0.05) is 52.3 Å². The lowest BCUT2D eigenvalue weighted by Crippen LogP contribution is -2.62. The van der Waals surface area contributed by atoms with Gasteiger partial charge in [-0.2, -0.15) is 0 Å². The molecule has 0 aliphatic heterocycles. The summed E-state index contributed by atoms with van der Waals surface area (Å²) in [6.45, 7) is 17.0. The third-order valence-electron chi connectivity index (χ3n) is 12.0. The Kier molecular flexibility index (Phi) is 6.22. The summed E-state index contributed by atoms with van der Waals surface area (Å²) in [6, 6.07) is 0. The molecule has 0 spiro atoms. The molecule has 6 heteroatoms. The lowest BCUT2D eigenvalue weighted by molar-refractivity contribution is -0.167. The molecule has 6 nitrogen and oxygen atoms in total. The molecule has 0 aromatic carbocycles. The van der Waals surface area contributed by atoms with Crippen molar-refractivity contribution in [3.05, 3.63) is 46.3 Å². The maximum absolute atomic E-state index is 13.3. The Morgan fingerprint density at radius 3 is 2.28 bits per heavy atom. The molecule has 5 aliphatic rings. The zero-order valence-electron chi connectivity index (χ0n) is 25.0. The Bertz CT molecular complexity index is 1280. The number of carbonyl (C=O) groups excluding carboxylic acids is 3. The van der Waals surface area contributed by atoms with Crippen LogP contribution in [0.2, 0.25) is 0 Å². The first kappa shape index (κ1) is 27.9. The van der Waals surface area contributed by atoms with Crippen LogP contribution >= 0.6 is 0 Å². The van der Waals surface area contributed by atoms with Crippen LogP contribution in [0.1, 0.15) is 100 Å². The van der Waals surface area contributed by atoms with E-state index >= 15 is 0 Å². The molecule has 6 atom stereocenters. The Morgan fingerprint density at radius 1 is 0.974 bits per heavy atom. The van der Waals surface area contributed by atoms with E-state index in [2.05, 4.69) is 46.8 Å². The van der Waals surface area contributed by atoms with Crippen molar-refractivity contribution in [3.63, 3.8) is 0 Å². The lowest BCUT2D eigenvalue weighted by atomic mass is 9.34. The fraction of sp³-hybridized carbons (Fsp3) is 0.667. The fourth-order valence-corrected chi connectivity index (χ4v) is 9.10. The highest BCUT2D eigenvalue weighted by Crippen LogP contribution is 2.75. The summed E-state index contributed by atoms with van der Waals surface area (Å²) in [5, 5.41) is 0. The van der Waals surface area contributed by atoms with E-state index in [4.69, 9.17) is 15.2 Å². The number of allylic oxidation sites excluding steroid dienone is 7. The molecule has 3 saturated carbocycles. The van der Waals surface area contributed by atoms with Crippen molar-refractivity contribution >= 4 is 17.8 Å². The van der Waals surface area contributed by atoms with E-state index in [1.165, 1.54) is 5.57 Å². The van der Waals surface area contributed by atoms with Gasteiger partial charge in [-0.25, -0.2) is 4.79 Å². The number of rotatable bonds is 3. The Hall–Kier alpha value is -2.63. The van der Waals surface area contributed by atoms with Gasteiger partial charge in [-0.15, -0.1) is 0 Å². The van der Waals surface area contributed by atoms with E-state index in [0.717, 1.165) is 56.1 Å². The molecule has 0 radical (unpaired) electrons. The van der Waals surface area contributed by atoms with Gasteiger partial charge in [0.2, 0.25) is 11.7 Å². The molecule has 2 N–H and O–H groups in total. The number of hydrogen-bond donors (Lipinski definition) is 1. The van der Waals surface area contributed by atoms with Gasteiger partial charge in [-0.3, -0.25) is 9.59 Å². The smallest absolute Gasteiger partial charge is 0.431 e. The van der Waals surface area contributed by atoms with Gasteiger partial charge in [-0.05, 0) is 105 Å². The number of hydrogen-bond acceptors (Lipinski definition) is 5. The van der Waals surface area contributed by atoms with Gasteiger partial charge in [0.15, 0.2) is 5.76 Å². The van der Waals surface area contributed by atoms with Crippen LogP contribution in [0.4, 0.5) is 4.79 Å². The standard InChI is InChI=1S/C33H45NO5/c1-19(2)38-28(37)39-26-20(3)21-9-10-24-31(6,22(21)17-23(26)35)14-16-33(8)25-18-30(5,27(34)36)12-11-29(25,4)13-15-32(24,33)7/h9-10,17,19,25H,11-16,18H2,1-8H3,(H2,34,36)/t25-,29-,30-,31+,32-,33+/m1/s1. The molecule has 0 aromatic heterocycles. The molecule has 0 aromatic rings. The Morgan fingerprint density at radius 2 is 1.64 bits per heavy atom. The van der Waals surface area contributed by atoms with Crippen molar-refractivity contribution < 1.29 is 23.9 Å². The van der Waals surface area contributed by atoms with Gasteiger partial charge in [0.05, 0.1) is 6.10 Å².